The third-order valence-electron chi connectivity index (χ3n) is 4.36. The van der Waals surface area contributed by atoms with Gasteiger partial charge in [-0.25, -0.2) is 0 Å². The van der Waals surface area contributed by atoms with Crippen molar-refractivity contribution < 1.29 is 9.53 Å². The lowest BCUT2D eigenvalue weighted by Crippen LogP contribution is -2.43. The van der Waals surface area contributed by atoms with Crippen molar-refractivity contribution in [3.63, 3.8) is 0 Å². The molecule has 0 heterocycles. The first-order valence-corrected chi connectivity index (χ1v) is 8.05. The van der Waals surface area contributed by atoms with E-state index in [4.69, 9.17) is 10.00 Å². The fourth-order valence-electron chi connectivity index (χ4n) is 2.97. The van der Waals surface area contributed by atoms with E-state index in [1.807, 2.05) is 11.9 Å². The van der Waals surface area contributed by atoms with Crippen molar-refractivity contribution in [2.24, 2.45) is 0 Å². The van der Waals surface area contributed by atoms with Crippen LogP contribution >= 0.6 is 0 Å². The van der Waals surface area contributed by atoms with E-state index in [9.17, 15) is 4.79 Å². The number of nitriles is 1. The molecule has 0 aromatic heterocycles. The number of rotatable bonds is 4. The Morgan fingerprint density at radius 2 is 1.82 bits per heavy atom. The minimum absolute atomic E-state index is 0.0243. The Morgan fingerprint density at radius 3 is 2.36 bits per heavy atom. The SMILES string of the molecule is CC(Oc1ccc(C#N)cc1)C(=O)N(C)C1CCCCCC1. The first kappa shape index (κ1) is 16.4. The van der Waals surface area contributed by atoms with Crippen molar-refractivity contribution in [2.75, 3.05) is 7.05 Å². The topological polar surface area (TPSA) is 53.3 Å². The van der Waals surface area contributed by atoms with Crippen LogP contribution in [0.15, 0.2) is 24.3 Å². The van der Waals surface area contributed by atoms with Gasteiger partial charge in [0.15, 0.2) is 6.10 Å². The van der Waals surface area contributed by atoms with Gasteiger partial charge in [-0.2, -0.15) is 5.26 Å². The summed E-state index contributed by atoms with van der Waals surface area (Å²) in [5, 5.41) is 8.79. The summed E-state index contributed by atoms with van der Waals surface area (Å²) in [5.41, 5.74) is 0.585. The molecule has 1 aliphatic carbocycles. The summed E-state index contributed by atoms with van der Waals surface area (Å²) in [5.74, 6) is 0.644. The maximum atomic E-state index is 12.5. The molecule has 1 atom stereocenters. The second kappa shape index (κ2) is 7.84. The Bertz CT molecular complexity index is 525. The number of likely N-dealkylation sites (N-methyl/N-ethyl adjacent to an activating group) is 1. The molecule has 1 aromatic rings. The monoisotopic (exact) mass is 300 g/mol. The predicted molar refractivity (Wildman–Crippen MR) is 85.5 cm³/mol. The maximum Gasteiger partial charge on any atom is 0.263 e. The number of hydrogen-bond donors (Lipinski definition) is 0. The molecule has 0 saturated heterocycles. The van der Waals surface area contributed by atoms with Crippen LogP contribution in [0.25, 0.3) is 0 Å². The van der Waals surface area contributed by atoms with Gasteiger partial charge in [0.05, 0.1) is 11.6 Å². The molecule has 118 valence electrons. The number of nitrogens with zero attached hydrogens (tertiary/aromatic N) is 2. The molecular formula is C18H24N2O2. The van der Waals surface area contributed by atoms with E-state index in [0.717, 1.165) is 12.8 Å². The normalized spacial score (nSPS) is 17.1. The Balaban J connectivity index is 1.93. The smallest absolute Gasteiger partial charge is 0.263 e. The second-order valence-electron chi connectivity index (χ2n) is 5.99. The molecule has 1 saturated carbocycles. The van der Waals surface area contributed by atoms with E-state index in [1.165, 1.54) is 25.7 Å². The van der Waals surface area contributed by atoms with Crippen LogP contribution in [-0.2, 0) is 4.79 Å². The first-order chi connectivity index (χ1) is 10.6. The van der Waals surface area contributed by atoms with E-state index < -0.39 is 6.10 Å². The summed E-state index contributed by atoms with van der Waals surface area (Å²) in [6, 6.07) is 9.25. The van der Waals surface area contributed by atoms with Gasteiger partial charge in [0.25, 0.3) is 5.91 Å². The van der Waals surface area contributed by atoms with Gasteiger partial charge in [0, 0.05) is 13.1 Å². The van der Waals surface area contributed by atoms with Crippen molar-refractivity contribution in [3.8, 4) is 11.8 Å². The highest BCUT2D eigenvalue weighted by atomic mass is 16.5. The van der Waals surface area contributed by atoms with Gasteiger partial charge in [0.2, 0.25) is 0 Å². The Kier molecular flexibility index (Phi) is 5.83. The van der Waals surface area contributed by atoms with E-state index in [0.29, 0.717) is 17.4 Å². The average Bonchev–Trinajstić information content (AvgIpc) is 2.83. The average molecular weight is 300 g/mol. The summed E-state index contributed by atoms with van der Waals surface area (Å²) in [4.78, 5) is 14.4. The number of benzene rings is 1. The van der Waals surface area contributed by atoms with Crippen LogP contribution in [0.2, 0.25) is 0 Å². The molecule has 1 fully saturated rings. The molecule has 4 heteroatoms. The molecule has 0 aliphatic heterocycles. The molecule has 1 aliphatic rings. The van der Waals surface area contributed by atoms with Crippen LogP contribution in [0.1, 0.15) is 51.0 Å². The molecule has 2 rings (SSSR count). The highest BCUT2D eigenvalue weighted by molar-refractivity contribution is 5.81. The molecule has 22 heavy (non-hydrogen) atoms. The fraction of sp³-hybridized carbons (Fsp3) is 0.556. The van der Waals surface area contributed by atoms with E-state index in [1.54, 1.807) is 31.2 Å². The van der Waals surface area contributed by atoms with Crippen LogP contribution < -0.4 is 4.74 Å². The van der Waals surface area contributed by atoms with Gasteiger partial charge in [-0.1, -0.05) is 25.7 Å². The molecule has 4 nitrogen and oxygen atoms in total. The Morgan fingerprint density at radius 1 is 1.23 bits per heavy atom. The van der Waals surface area contributed by atoms with Crippen molar-refractivity contribution in [1.82, 2.24) is 4.90 Å². The van der Waals surface area contributed by atoms with E-state index >= 15 is 0 Å². The van der Waals surface area contributed by atoms with E-state index in [2.05, 4.69) is 6.07 Å². The quantitative estimate of drug-likeness (QED) is 0.800. The molecule has 1 unspecified atom stereocenters. The van der Waals surface area contributed by atoms with Crippen molar-refractivity contribution >= 4 is 5.91 Å². The van der Waals surface area contributed by atoms with Crippen molar-refractivity contribution in [2.45, 2.75) is 57.6 Å². The van der Waals surface area contributed by atoms with Gasteiger partial charge >= 0.3 is 0 Å². The Labute approximate surface area is 132 Å². The third kappa shape index (κ3) is 4.24. The minimum atomic E-state index is -0.513. The van der Waals surface area contributed by atoms with Gasteiger partial charge < -0.3 is 9.64 Å². The molecule has 1 amide bonds. The standard InChI is InChI=1S/C18H24N2O2/c1-14(22-17-11-9-15(13-19)10-12-17)18(21)20(2)16-7-5-3-4-6-8-16/h9-12,14,16H,3-8H2,1-2H3. The van der Waals surface area contributed by atoms with Gasteiger partial charge in [-0.05, 0) is 44.0 Å². The number of ether oxygens (including phenoxy) is 1. The predicted octanol–water partition coefficient (Wildman–Crippen LogP) is 3.51. The highest BCUT2D eigenvalue weighted by Gasteiger charge is 2.25. The maximum absolute atomic E-state index is 12.5. The number of hydrogen-bond acceptors (Lipinski definition) is 3. The number of carbonyl (C=O) groups is 1. The van der Waals surface area contributed by atoms with Crippen LogP contribution in [0.3, 0.4) is 0 Å². The second-order valence-corrected chi connectivity index (χ2v) is 5.99. The zero-order valence-corrected chi connectivity index (χ0v) is 13.4. The van der Waals surface area contributed by atoms with Crippen LogP contribution in [0, 0.1) is 11.3 Å². The number of carbonyl (C=O) groups excluding carboxylic acids is 1. The van der Waals surface area contributed by atoms with E-state index in [-0.39, 0.29) is 5.91 Å². The summed E-state index contributed by atoms with van der Waals surface area (Å²) in [6.07, 6.45) is 6.62. The molecule has 0 radical (unpaired) electrons. The Hall–Kier alpha value is -2.02. The van der Waals surface area contributed by atoms with Gasteiger partial charge in [-0.15, -0.1) is 0 Å². The summed E-state index contributed by atoms with van der Waals surface area (Å²) in [7, 11) is 1.89. The lowest BCUT2D eigenvalue weighted by molar-refractivity contribution is -0.139. The first-order valence-electron chi connectivity index (χ1n) is 8.05. The number of amides is 1. The zero-order chi connectivity index (χ0) is 15.9. The molecular weight excluding hydrogens is 276 g/mol. The summed E-state index contributed by atoms with van der Waals surface area (Å²) >= 11 is 0. The lowest BCUT2D eigenvalue weighted by atomic mass is 10.1. The largest absolute Gasteiger partial charge is 0.481 e. The summed E-state index contributed by atoms with van der Waals surface area (Å²) < 4.78 is 5.72. The third-order valence-corrected chi connectivity index (χ3v) is 4.36. The molecule has 1 aromatic carbocycles. The lowest BCUT2D eigenvalue weighted by Gasteiger charge is -2.29. The summed E-state index contributed by atoms with van der Waals surface area (Å²) in [6.45, 7) is 1.79. The van der Waals surface area contributed by atoms with Crippen molar-refractivity contribution in [1.29, 1.82) is 5.26 Å². The molecule has 0 N–H and O–H groups in total. The molecule has 0 spiro atoms. The fourth-order valence-corrected chi connectivity index (χ4v) is 2.97. The zero-order valence-electron chi connectivity index (χ0n) is 13.4. The van der Waals surface area contributed by atoms with Gasteiger partial charge in [0.1, 0.15) is 5.75 Å². The van der Waals surface area contributed by atoms with Crippen LogP contribution in [0.4, 0.5) is 0 Å². The van der Waals surface area contributed by atoms with Crippen LogP contribution in [-0.4, -0.2) is 30.0 Å². The highest BCUT2D eigenvalue weighted by Crippen LogP contribution is 2.22. The molecule has 0 bridgehead atoms. The minimum Gasteiger partial charge on any atom is -0.481 e. The van der Waals surface area contributed by atoms with Gasteiger partial charge in [-0.3, -0.25) is 4.79 Å². The van der Waals surface area contributed by atoms with Crippen molar-refractivity contribution in [3.05, 3.63) is 29.8 Å². The van der Waals surface area contributed by atoms with Crippen LogP contribution in [0.5, 0.6) is 5.75 Å².